The summed E-state index contributed by atoms with van der Waals surface area (Å²) >= 11 is 0. The van der Waals surface area contributed by atoms with Crippen molar-refractivity contribution in [3.63, 3.8) is 0 Å². The molecule has 5 nitrogen and oxygen atoms in total. The maximum atomic E-state index is 11.5. The van der Waals surface area contributed by atoms with Gasteiger partial charge in [0.15, 0.2) is 0 Å². The maximum absolute atomic E-state index is 11.5. The Balaban J connectivity index is 2.26. The van der Waals surface area contributed by atoms with Crippen molar-refractivity contribution in [2.24, 2.45) is 5.73 Å². The molecule has 1 heterocycles. The highest BCUT2D eigenvalue weighted by Crippen LogP contribution is 2.26. The summed E-state index contributed by atoms with van der Waals surface area (Å²) < 4.78 is 0. The number of benzene rings is 1. The Morgan fingerprint density at radius 3 is 2.53 bits per heavy atom. The summed E-state index contributed by atoms with van der Waals surface area (Å²) in [4.78, 5) is 11.5. The number of anilines is 2. The van der Waals surface area contributed by atoms with Crippen molar-refractivity contribution in [1.29, 1.82) is 0 Å². The molecular weight excluding hydrogens is 240 g/mol. The highest BCUT2D eigenvalue weighted by atomic mass is 16.1. The molecule has 1 saturated heterocycles. The van der Waals surface area contributed by atoms with Crippen LogP contribution in [0.5, 0.6) is 0 Å². The molecule has 0 aliphatic carbocycles. The summed E-state index contributed by atoms with van der Waals surface area (Å²) in [5.74, 6) is -0.445. The Morgan fingerprint density at radius 1 is 1.32 bits per heavy atom. The molecule has 1 aromatic rings. The van der Waals surface area contributed by atoms with E-state index >= 15 is 0 Å². The second-order valence-corrected chi connectivity index (χ2v) is 5.32. The minimum Gasteiger partial charge on any atom is -0.399 e. The molecule has 0 saturated carbocycles. The normalized spacial score (nSPS) is 24.1. The van der Waals surface area contributed by atoms with Crippen LogP contribution in [0.25, 0.3) is 0 Å². The number of hydrogen-bond donors (Lipinski definition) is 3. The fraction of sp³-hybridized carbons (Fsp3) is 0.500. The molecule has 1 fully saturated rings. The van der Waals surface area contributed by atoms with Gasteiger partial charge in [0.25, 0.3) is 5.91 Å². The van der Waals surface area contributed by atoms with E-state index in [1.807, 2.05) is 0 Å². The third-order valence-corrected chi connectivity index (χ3v) is 3.75. The van der Waals surface area contributed by atoms with Crippen LogP contribution in [0.3, 0.4) is 0 Å². The van der Waals surface area contributed by atoms with Crippen molar-refractivity contribution in [1.82, 2.24) is 5.01 Å². The summed E-state index contributed by atoms with van der Waals surface area (Å²) in [6.45, 7) is 4.36. The number of rotatable bonds is 3. The van der Waals surface area contributed by atoms with Gasteiger partial charge in [0.2, 0.25) is 0 Å². The molecule has 1 amide bonds. The van der Waals surface area contributed by atoms with Crippen LogP contribution in [-0.2, 0) is 0 Å². The number of piperidine rings is 1. The van der Waals surface area contributed by atoms with E-state index in [-0.39, 0.29) is 0 Å². The molecule has 1 aromatic carbocycles. The van der Waals surface area contributed by atoms with Gasteiger partial charge in [-0.2, -0.15) is 0 Å². The molecule has 2 unspecified atom stereocenters. The first kappa shape index (κ1) is 13.7. The minimum absolute atomic E-state index is 0.422. The number of carbonyl (C=O) groups is 1. The molecule has 104 valence electrons. The van der Waals surface area contributed by atoms with Crippen molar-refractivity contribution < 1.29 is 4.79 Å². The monoisotopic (exact) mass is 262 g/mol. The molecule has 0 bridgehead atoms. The Labute approximate surface area is 113 Å². The van der Waals surface area contributed by atoms with E-state index in [1.54, 1.807) is 18.2 Å². The summed E-state index contributed by atoms with van der Waals surface area (Å²) in [5, 5.41) is 2.19. The molecule has 1 aliphatic heterocycles. The van der Waals surface area contributed by atoms with E-state index in [0.29, 0.717) is 29.0 Å². The number of nitrogens with zero attached hydrogens (tertiary/aromatic N) is 1. The molecule has 2 atom stereocenters. The van der Waals surface area contributed by atoms with E-state index < -0.39 is 5.91 Å². The van der Waals surface area contributed by atoms with Gasteiger partial charge in [0.05, 0.1) is 11.3 Å². The molecule has 0 spiro atoms. The van der Waals surface area contributed by atoms with Crippen LogP contribution < -0.4 is 16.9 Å². The van der Waals surface area contributed by atoms with Crippen LogP contribution in [0.15, 0.2) is 18.2 Å². The number of primary amides is 1. The van der Waals surface area contributed by atoms with Crippen molar-refractivity contribution >= 4 is 17.3 Å². The van der Waals surface area contributed by atoms with Crippen LogP contribution in [-0.4, -0.2) is 23.0 Å². The quantitative estimate of drug-likeness (QED) is 0.727. The van der Waals surface area contributed by atoms with Gasteiger partial charge in [0.1, 0.15) is 0 Å². The lowest BCUT2D eigenvalue weighted by atomic mass is 9.99. The predicted octanol–water partition coefficient (Wildman–Crippen LogP) is 1.96. The number of hydrogen-bond acceptors (Lipinski definition) is 4. The number of hydrazine groups is 1. The Hall–Kier alpha value is -1.75. The molecule has 0 aromatic heterocycles. The van der Waals surface area contributed by atoms with Crippen LogP contribution in [0.4, 0.5) is 11.4 Å². The first-order valence-electron chi connectivity index (χ1n) is 6.73. The van der Waals surface area contributed by atoms with Crippen molar-refractivity contribution in [2.75, 3.05) is 11.2 Å². The standard InChI is InChI=1S/C14H22N4O/c1-9-4-3-5-10(2)18(9)17-13-8-11(15)6-7-12(13)14(16)19/h6-10,17H,3-5,15H2,1-2H3,(H2,16,19). The third-order valence-electron chi connectivity index (χ3n) is 3.75. The fourth-order valence-corrected chi connectivity index (χ4v) is 2.65. The zero-order chi connectivity index (χ0) is 14.0. The van der Waals surface area contributed by atoms with Crippen molar-refractivity contribution in [3.8, 4) is 0 Å². The van der Waals surface area contributed by atoms with Crippen LogP contribution in [0.2, 0.25) is 0 Å². The Bertz CT molecular complexity index is 465. The molecule has 1 aliphatic rings. The number of nitrogens with two attached hydrogens (primary N) is 2. The van der Waals surface area contributed by atoms with E-state index in [2.05, 4.69) is 24.3 Å². The SMILES string of the molecule is CC1CCCC(C)N1Nc1cc(N)ccc1C(N)=O. The van der Waals surface area contributed by atoms with Gasteiger partial charge in [-0.25, -0.2) is 5.01 Å². The zero-order valence-corrected chi connectivity index (χ0v) is 11.5. The van der Waals surface area contributed by atoms with Crippen molar-refractivity contribution in [2.45, 2.75) is 45.2 Å². The average Bonchev–Trinajstić information content (AvgIpc) is 2.33. The Morgan fingerprint density at radius 2 is 1.95 bits per heavy atom. The second-order valence-electron chi connectivity index (χ2n) is 5.32. The van der Waals surface area contributed by atoms with Gasteiger partial charge in [-0.3, -0.25) is 4.79 Å². The third kappa shape index (κ3) is 2.98. The van der Waals surface area contributed by atoms with Gasteiger partial charge < -0.3 is 16.9 Å². The molecular formula is C14H22N4O. The first-order chi connectivity index (χ1) is 8.99. The topological polar surface area (TPSA) is 84.4 Å². The van der Waals surface area contributed by atoms with E-state index in [0.717, 1.165) is 12.8 Å². The summed E-state index contributed by atoms with van der Waals surface area (Å²) in [6.07, 6.45) is 3.53. The molecule has 5 N–H and O–H groups in total. The number of nitrogen functional groups attached to an aromatic ring is 1. The predicted molar refractivity (Wildman–Crippen MR) is 77.6 cm³/mol. The minimum atomic E-state index is -0.445. The largest absolute Gasteiger partial charge is 0.399 e. The average molecular weight is 262 g/mol. The van der Waals surface area contributed by atoms with Gasteiger partial charge in [0, 0.05) is 17.8 Å². The van der Waals surface area contributed by atoms with Crippen molar-refractivity contribution in [3.05, 3.63) is 23.8 Å². The lowest BCUT2D eigenvalue weighted by Crippen LogP contribution is -2.47. The van der Waals surface area contributed by atoms with E-state index in [9.17, 15) is 4.79 Å². The first-order valence-corrected chi connectivity index (χ1v) is 6.73. The summed E-state index contributed by atoms with van der Waals surface area (Å²) in [6, 6.07) is 5.96. The fourth-order valence-electron chi connectivity index (χ4n) is 2.65. The molecule has 19 heavy (non-hydrogen) atoms. The van der Waals surface area contributed by atoms with Gasteiger partial charge >= 0.3 is 0 Å². The second kappa shape index (κ2) is 5.48. The highest BCUT2D eigenvalue weighted by Gasteiger charge is 2.25. The molecule has 5 heteroatoms. The lowest BCUT2D eigenvalue weighted by molar-refractivity contribution is 0.0998. The van der Waals surface area contributed by atoms with Crippen LogP contribution in [0.1, 0.15) is 43.5 Å². The number of amides is 1. The lowest BCUT2D eigenvalue weighted by Gasteiger charge is -2.39. The number of carbonyl (C=O) groups excluding carboxylic acids is 1. The van der Waals surface area contributed by atoms with Gasteiger partial charge in [-0.15, -0.1) is 0 Å². The number of nitrogens with one attached hydrogen (secondary N) is 1. The van der Waals surface area contributed by atoms with E-state index in [4.69, 9.17) is 11.5 Å². The van der Waals surface area contributed by atoms with Gasteiger partial charge in [-0.05, 0) is 44.9 Å². The smallest absolute Gasteiger partial charge is 0.250 e. The van der Waals surface area contributed by atoms with Crippen LogP contribution >= 0.6 is 0 Å². The maximum Gasteiger partial charge on any atom is 0.250 e. The highest BCUT2D eigenvalue weighted by molar-refractivity contribution is 5.99. The summed E-state index contributed by atoms with van der Waals surface area (Å²) in [5.41, 5.74) is 16.3. The summed E-state index contributed by atoms with van der Waals surface area (Å²) in [7, 11) is 0. The van der Waals surface area contributed by atoms with Gasteiger partial charge in [-0.1, -0.05) is 6.42 Å². The zero-order valence-electron chi connectivity index (χ0n) is 11.5. The molecule has 0 radical (unpaired) electrons. The molecule has 2 rings (SSSR count). The van der Waals surface area contributed by atoms with Crippen LogP contribution in [0, 0.1) is 0 Å². The van der Waals surface area contributed by atoms with E-state index in [1.165, 1.54) is 6.42 Å². The Kier molecular flexibility index (Phi) is 3.95.